The van der Waals surface area contributed by atoms with Crippen molar-refractivity contribution in [2.75, 3.05) is 6.54 Å². The van der Waals surface area contributed by atoms with Gasteiger partial charge in [-0.15, -0.1) is 0 Å². The monoisotopic (exact) mass is 349 g/mol. The van der Waals surface area contributed by atoms with E-state index in [0.717, 1.165) is 42.4 Å². The number of nitrogens with zero attached hydrogens (tertiary/aromatic N) is 1. The van der Waals surface area contributed by atoms with Gasteiger partial charge in [-0.25, -0.2) is 4.79 Å². The van der Waals surface area contributed by atoms with Crippen LogP contribution >= 0.6 is 0 Å². The van der Waals surface area contributed by atoms with Gasteiger partial charge in [-0.3, -0.25) is 4.79 Å². The fourth-order valence-electron chi connectivity index (χ4n) is 3.94. The standard InChI is InChI=1S/C21H23N3O2/c1-14-17-7-3-2-6-16(17)11-12-24(14)20(25)8-4-5-15-9-10-18-19(13-15)23-21(26)22-18/h2-3,6-7,9-10,13-14H,4-5,8,11-12H2,1H3,(H2,22,23,26)/t14-/m1/s1. The average Bonchev–Trinajstić information content (AvgIpc) is 3.01. The summed E-state index contributed by atoms with van der Waals surface area (Å²) >= 11 is 0. The SMILES string of the molecule is C[C@@H]1c2ccccc2CCN1C(=O)CCCc1ccc2[nH]c(=O)[nH]c2c1. The first kappa shape index (κ1) is 16.6. The number of H-pyrrole nitrogens is 2. The molecule has 2 N–H and O–H groups in total. The number of benzene rings is 2. The van der Waals surface area contributed by atoms with Crippen LogP contribution in [0.15, 0.2) is 47.3 Å². The van der Waals surface area contributed by atoms with Crippen molar-refractivity contribution in [1.82, 2.24) is 14.9 Å². The third-order valence-corrected chi connectivity index (χ3v) is 5.35. The van der Waals surface area contributed by atoms with Crippen molar-refractivity contribution < 1.29 is 4.79 Å². The largest absolute Gasteiger partial charge is 0.336 e. The maximum Gasteiger partial charge on any atom is 0.323 e. The Labute approximate surface area is 152 Å². The van der Waals surface area contributed by atoms with Crippen molar-refractivity contribution in [3.8, 4) is 0 Å². The molecule has 5 nitrogen and oxygen atoms in total. The van der Waals surface area contributed by atoms with Crippen molar-refractivity contribution in [2.45, 2.75) is 38.6 Å². The average molecular weight is 349 g/mol. The van der Waals surface area contributed by atoms with Crippen LogP contribution in [-0.4, -0.2) is 27.3 Å². The van der Waals surface area contributed by atoms with Crippen molar-refractivity contribution in [3.63, 3.8) is 0 Å². The highest BCUT2D eigenvalue weighted by Crippen LogP contribution is 2.29. The summed E-state index contributed by atoms with van der Waals surface area (Å²) in [5.74, 6) is 0.225. The summed E-state index contributed by atoms with van der Waals surface area (Å²) in [6.45, 7) is 2.92. The first-order chi connectivity index (χ1) is 12.6. The van der Waals surface area contributed by atoms with Gasteiger partial charge in [0, 0.05) is 13.0 Å². The molecule has 26 heavy (non-hydrogen) atoms. The Hall–Kier alpha value is -2.82. The Morgan fingerprint density at radius 3 is 2.85 bits per heavy atom. The number of imidazole rings is 1. The molecule has 0 saturated heterocycles. The number of carbonyl (C=O) groups excluding carboxylic acids is 1. The van der Waals surface area contributed by atoms with Crippen LogP contribution in [0.25, 0.3) is 11.0 Å². The van der Waals surface area contributed by atoms with E-state index in [0.29, 0.717) is 6.42 Å². The lowest BCUT2D eigenvalue weighted by molar-refractivity contribution is -0.133. The normalized spacial score (nSPS) is 16.7. The first-order valence-corrected chi connectivity index (χ1v) is 9.20. The molecule has 1 aliphatic heterocycles. The molecule has 1 amide bonds. The number of amides is 1. The second kappa shape index (κ2) is 6.83. The minimum atomic E-state index is -0.188. The van der Waals surface area contributed by atoms with Crippen LogP contribution in [0.1, 0.15) is 42.5 Å². The second-order valence-electron chi connectivity index (χ2n) is 7.02. The minimum Gasteiger partial charge on any atom is -0.336 e. The Balaban J connectivity index is 1.37. The molecule has 0 bridgehead atoms. The fourth-order valence-corrected chi connectivity index (χ4v) is 3.94. The molecule has 2 heterocycles. The summed E-state index contributed by atoms with van der Waals surface area (Å²) in [7, 11) is 0. The van der Waals surface area contributed by atoms with Gasteiger partial charge in [0.15, 0.2) is 0 Å². The lowest BCUT2D eigenvalue weighted by Crippen LogP contribution is -2.38. The van der Waals surface area contributed by atoms with Crippen LogP contribution in [-0.2, 0) is 17.6 Å². The predicted molar refractivity (Wildman–Crippen MR) is 102 cm³/mol. The van der Waals surface area contributed by atoms with Gasteiger partial charge in [-0.1, -0.05) is 30.3 Å². The molecule has 5 heteroatoms. The van der Waals surface area contributed by atoms with Crippen LogP contribution in [0, 0.1) is 0 Å². The lowest BCUT2D eigenvalue weighted by atomic mass is 9.93. The van der Waals surface area contributed by atoms with E-state index in [9.17, 15) is 9.59 Å². The topological polar surface area (TPSA) is 69.0 Å². The molecular formula is C21H23N3O2. The molecule has 3 aromatic rings. The number of aryl methyl sites for hydroxylation is 1. The van der Waals surface area contributed by atoms with Gasteiger partial charge in [0.2, 0.25) is 5.91 Å². The Kier molecular flexibility index (Phi) is 4.37. The Bertz CT molecular complexity index is 1000. The first-order valence-electron chi connectivity index (χ1n) is 9.20. The number of hydrogen-bond acceptors (Lipinski definition) is 2. The number of aromatic amines is 2. The van der Waals surface area contributed by atoms with Gasteiger partial charge in [-0.2, -0.15) is 0 Å². The third-order valence-electron chi connectivity index (χ3n) is 5.35. The van der Waals surface area contributed by atoms with Crippen LogP contribution in [0.4, 0.5) is 0 Å². The zero-order chi connectivity index (χ0) is 18.1. The summed E-state index contributed by atoms with van der Waals surface area (Å²) in [6.07, 6.45) is 3.12. The smallest absolute Gasteiger partial charge is 0.323 e. The molecule has 4 rings (SSSR count). The van der Waals surface area contributed by atoms with E-state index in [1.165, 1.54) is 11.1 Å². The van der Waals surface area contributed by atoms with Crippen molar-refractivity contribution in [2.24, 2.45) is 0 Å². The molecule has 0 fully saturated rings. The van der Waals surface area contributed by atoms with E-state index in [2.05, 4.69) is 35.1 Å². The third kappa shape index (κ3) is 3.17. The molecule has 2 aromatic carbocycles. The number of carbonyl (C=O) groups is 1. The maximum absolute atomic E-state index is 12.7. The van der Waals surface area contributed by atoms with E-state index in [4.69, 9.17) is 0 Å². The molecule has 1 aliphatic rings. The van der Waals surface area contributed by atoms with Gasteiger partial charge >= 0.3 is 5.69 Å². The number of hydrogen-bond donors (Lipinski definition) is 2. The Morgan fingerprint density at radius 2 is 1.96 bits per heavy atom. The van der Waals surface area contributed by atoms with Gasteiger partial charge in [0.1, 0.15) is 0 Å². The molecule has 0 radical (unpaired) electrons. The van der Waals surface area contributed by atoms with Crippen LogP contribution in [0.3, 0.4) is 0 Å². The second-order valence-corrected chi connectivity index (χ2v) is 7.02. The number of nitrogens with one attached hydrogen (secondary N) is 2. The summed E-state index contributed by atoms with van der Waals surface area (Å²) in [4.78, 5) is 31.6. The van der Waals surface area contributed by atoms with E-state index in [1.54, 1.807) is 0 Å². The molecular weight excluding hydrogens is 326 g/mol. The van der Waals surface area contributed by atoms with Crippen molar-refractivity contribution in [3.05, 3.63) is 69.6 Å². The molecule has 0 saturated carbocycles. The van der Waals surface area contributed by atoms with Gasteiger partial charge in [0.25, 0.3) is 0 Å². The number of rotatable bonds is 4. The summed E-state index contributed by atoms with van der Waals surface area (Å²) in [5, 5.41) is 0. The van der Waals surface area contributed by atoms with Crippen LogP contribution < -0.4 is 5.69 Å². The van der Waals surface area contributed by atoms with Gasteiger partial charge in [-0.05, 0) is 55.0 Å². The maximum atomic E-state index is 12.7. The highest BCUT2D eigenvalue weighted by atomic mass is 16.2. The number of aromatic nitrogens is 2. The van der Waals surface area contributed by atoms with Gasteiger partial charge in [0.05, 0.1) is 17.1 Å². The van der Waals surface area contributed by atoms with E-state index < -0.39 is 0 Å². The molecule has 1 atom stereocenters. The van der Waals surface area contributed by atoms with E-state index in [1.807, 2.05) is 29.2 Å². The molecule has 1 aromatic heterocycles. The van der Waals surface area contributed by atoms with E-state index >= 15 is 0 Å². The summed E-state index contributed by atoms with van der Waals surface area (Å²) in [5.41, 5.74) is 5.21. The van der Waals surface area contributed by atoms with Crippen molar-refractivity contribution in [1.29, 1.82) is 0 Å². The minimum absolute atomic E-state index is 0.147. The zero-order valence-electron chi connectivity index (χ0n) is 14.9. The quantitative estimate of drug-likeness (QED) is 0.758. The lowest BCUT2D eigenvalue weighted by Gasteiger charge is -2.35. The molecule has 134 valence electrons. The van der Waals surface area contributed by atoms with Crippen LogP contribution in [0.5, 0.6) is 0 Å². The van der Waals surface area contributed by atoms with E-state index in [-0.39, 0.29) is 17.6 Å². The molecule has 0 unspecified atom stereocenters. The zero-order valence-corrected chi connectivity index (χ0v) is 14.9. The van der Waals surface area contributed by atoms with Gasteiger partial charge < -0.3 is 14.9 Å². The predicted octanol–water partition coefficient (Wildman–Crippen LogP) is 3.32. The summed E-state index contributed by atoms with van der Waals surface area (Å²) in [6, 6.07) is 14.5. The van der Waals surface area contributed by atoms with Crippen molar-refractivity contribution >= 4 is 16.9 Å². The Morgan fingerprint density at radius 1 is 1.15 bits per heavy atom. The number of fused-ring (bicyclic) bond motifs is 2. The molecule has 0 aliphatic carbocycles. The highest BCUT2D eigenvalue weighted by Gasteiger charge is 2.26. The highest BCUT2D eigenvalue weighted by molar-refractivity contribution is 5.77. The summed E-state index contributed by atoms with van der Waals surface area (Å²) < 4.78 is 0. The molecule has 0 spiro atoms. The van der Waals surface area contributed by atoms with Crippen LogP contribution in [0.2, 0.25) is 0 Å². The fraction of sp³-hybridized carbons (Fsp3) is 0.333.